The van der Waals surface area contributed by atoms with Crippen molar-refractivity contribution in [3.8, 4) is 5.75 Å². The summed E-state index contributed by atoms with van der Waals surface area (Å²) in [7, 11) is 0. The summed E-state index contributed by atoms with van der Waals surface area (Å²) >= 11 is 1.16. The number of carboxylic acids is 2. The fraction of sp³-hybridized carbons (Fsp3) is 0.375. The fourth-order valence-corrected chi connectivity index (χ4v) is 3.60. The number of benzene rings is 1. The van der Waals surface area contributed by atoms with Crippen molar-refractivity contribution in [1.29, 1.82) is 0 Å². The van der Waals surface area contributed by atoms with Gasteiger partial charge < -0.3 is 26.4 Å². The third kappa shape index (κ3) is 4.52. The van der Waals surface area contributed by atoms with Gasteiger partial charge in [-0.3, -0.25) is 9.79 Å². The van der Waals surface area contributed by atoms with E-state index in [-0.39, 0.29) is 17.4 Å². The number of hydrogen-bond donors (Lipinski definition) is 5. The van der Waals surface area contributed by atoms with Crippen LogP contribution in [0.1, 0.15) is 18.5 Å². The van der Waals surface area contributed by atoms with Gasteiger partial charge in [0.1, 0.15) is 22.9 Å². The van der Waals surface area contributed by atoms with Crippen LogP contribution >= 0.6 is 11.8 Å². The zero-order chi connectivity index (χ0) is 19.4. The number of aromatic hydroxyl groups is 1. The Morgan fingerprint density at radius 3 is 2.42 bits per heavy atom. The van der Waals surface area contributed by atoms with Crippen molar-refractivity contribution < 1.29 is 29.7 Å². The number of amides is 1. The Kier molecular flexibility index (Phi) is 6.22. The van der Waals surface area contributed by atoms with Gasteiger partial charge in [-0.05, 0) is 17.7 Å². The monoisotopic (exact) mass is 381 g/mol. The highest BCUT2D eigenvalue weighted by molar-refractivity contribution is 8.00. The molecule has 6 N–H and O–H groups in total. The molecule has 1 heterocycles. The molecule has 0 saturated carbocycles. The molecule has 2 rings (SSSR count). The first-order chi connectivity index (χ1) is 12.2. The maximum Gasteiger partial charge on any atom is 0.350 e. The molecule has 3 unspecified atom stereocenters. The molecule has 9 nitrogen and oxygen atoms in total. The van der Waals surface area contributed by atoms with E-state index < -0.39 is 35.3 Å². The fourth-order valence-electron chi connectivity index (χ4n) is 2.39. The van der Waals surface area contributed by atoms with Gasteiger partial charge in [0, 0.05) is 11.7 Å². The quantitative estimate of drug-likeness (QED) is 0.466. The van der Waals surface area contributed by atoms with Crippen LogP contribution in [0, 0.1) is 5.92 Å². The molecule has 1 amide bonds. The number of aliphatic imine (C=N–C) groups is 1. The van der Waals surface area contributed by atoms with E-state index in [9.17, 15) is 29.7 Å². The number of carbonyl (C=O) groups excluding carboxylic acids is 1. The highest BCUT2D eigenvalue weighted by Gasteiger charge is 2.36. The molecule has 0 fully saturated rings. The van der Waals surface area contributed by atoms with E-state index in [4.69, 9.17) is 5.73 Å². The maximum absolute atomic E-state index is 12.3. The Bertz CT molecular complexity index is 736. The van der Waals surface area contributed by atoms with Crippen LogP contribution in [0.3, 0.4) is 0 Å². The smallest absolute Gasteiger partial charge is 0.350 e. The summed E-state index contributed by atoms with van der Waals surface area (Å²) in [5.41, 5.74) is 6.12. The molecule has 1 aromatic carbocycles. The molecule has 26 heavy (non-hydrogen) atoms. The number of hydrogen-bond acceptors (Lipinski definition) is 7. The Labute approximate surface area is 153 Å². The van der Waals surface area contributed by atoms with Crippen molar-refractivity contribution in [2.45, 2.75) is 24.4 Å². The Balaban J connectivity index is 2.17. The number of rotatable bonds is 6. The Morgan fingerprint density at radius 2 is 1.88 bits per heavy atom. The first-order valence-corrected chi connectivity index (χ1v) is 8.76. The van der Waals surface area contributed by atoms with Gasteiger partial charge in [0.05, 0.1) is 0 Å². The number of phenolic OH excluding ortho intramolecular Hbond substituents is 1. The largest absolute Gasteiger partial charge is 0.508 e. The number of nitrogens with one attached hydrogen (secondary N) is 1. The number of carboxylic acid groups (broad SMARTS) is 2. The van der Waals surface area contributed by atoms with E-state index in [1.807, 2.05) is 0 Å². The topological polar surface area (TPSA) is 162 Å². The number of thioether (sulfide) groups is 1. The summed E-state index contributed by atoms with van der Waals surface area (Å²) in [6.07, 6.45) is 0. The zero-order valence-electron chi connectivity index (χ0n) is 13.8. The number of phenols is 1. The molecule has 0 aliphatic carbocycles. The summed E-state index contributed by atoms with van der Waals surface area (Å²) in [6, 6.07) is 3.06. The first kappa shape index (κ1) is 19.7. The van der Waals surface area contributed by atoms with E-state index in [1.165, 1.54) is 24.3 Å². The molecule has 0 bridgehead atoms. The van der Waals surface area contributed by atoms with Gasteiger partial charge >= 0.3 is 11.9 Å². The number of nitrogens with zero attached hydrogens (tertiary/aromatic N) is 1. The van der Waals surface area contributed by atoms with Crippen LogP contribution < -0.4 is 11.1 Å². The lowest BCUT2D eigenvalue weighted by Crippen LogP contribution is -2.51. The van der Waals surface area contributed by atoms with Crippen molar-refractivity contribution in [3.05, 3.63) is 29.8 Å². The number of carbonyl (C=O) groups is 3. The average Bonchev–Trinajstić information content (AvgIpc) is 2.59. The summed E-state index contributed by atoms with van der Waals surface area (Å²) < 4.78 is 0. The number of aliphatic carboxylic acids is 2. The van der Waals surface area contributed by atoms with E-state index in [1.54, 1.807) is 6.92 Å². The lowest BCUT2D eigenvalue weighted by Gasteiger charge is -2.28. The molecule has 1 aliphatic heterocycles. The Morgan fingerprint density at radius 1 is 1.27 bits per heavy atom. The molecule has 0 radical (unpaired) electrons. The summed E-state index contributed by atoms with van der Waals surface area (Å²) in [5.74, 6) is -3.23. The predicted octanol–water partition coefficient (Wildman–Crippen LogP) is 0.196. The van der Waals surface area contributed by atoms with Crippen LogP contribution in [0.2, 0.25) is 0 Å². The standard InChI is InChI=1S/C16H19N3O6S/c1-7-6-26-14(19-11(7)15(22)23)12(16(24)25)18-13(21)10(17)8-2-4-9(20)5-3-8/h2-5,7,10,12,14,20H,6,17H2,1H3,(H,18,21)(H,22,23)(H,24,25)/t7?,10-,12?,14?/m1/s1. The normalized spacial score (nSPS) is 22.0. The van der Waals surface area contributed by atoms with Crippen LogP contribution in [-0.4, -0.2) is 56.0 Å². The van der Waals surface area contributed by atoms with Crippen molar-refractivity contribution in [3.63, 3.8) is 0 Å². The second-order valence-electron chi connectivity index (χ2n) is 5.84. The van der Waals surface area contributed by atoms with Crippen molar-refractivity contribution in [2.24, 2.45) is 16.6 Å². The van der Waals surface area contributed by atoms with Gasteiger partial charge in [-0.25, -0.2) is 9.59 Å². The van der Waals surface area contributed by atoms with Crippen LogP contribution in [0.5, 0.6) is 5.75 Å². The highest BCUT2D eigenvalue weighted by atomic mass is 32.2. The third-order valence-electron chi connectivity index (χ3n) is 3.85. The van der Waals surface area contributed by atoms with Gasteiger partial charge in [0.2, 0.25) is 5.91 Å². The molecule has 1 aromatic rings. The zero-order valence-corrected chi connectivity index (χ0v) is 14.6. The summed E-state index contributed by atoms with van der Waals surface area (Å²) in [4.78, 5) is 39.1. The first-order valence-electron chi connectivity index (χ1n) is 7.71. The minimum Gasteiger partial charge on any atom is -0.508 e. The second kappa shape index (κ2) is 8.19. The summed E-state index contributed by atoms with van der Waals surface area (Å²) in [5, 5.41) is 29.2. The molecule has 0 spiro atoms. The molecule has 4 atom stereocenters. The van der Waals surface area contributed by atoms with Crippen LogP contribution in [0.25, 0.3) is 0 Å². The molecular weight excluding hydrogens is 362 g/mol. The van der Waals surface area contributed by atoms with Gasteiger partial charge in [-0.2, -0.15) is 0 Å². The van der Waals surface area contributed by atoms with Gasteiger partial charge in [-0.15, -0.1) is 11.8 Å². The van der Waals surface area contributed by atoms with Crippen molar-refractivity contribution in [1.82, 2.24) is 5.32 Å². The highest BCUT2D eigenvalue weighted by Crippen LogP contribution is 2.27. The lowest BCUT2D eigenvalue weighted by atomic mass is 10.1. The maximum atomic E-state index is 12.3. The van der Waals surface area contributed by atoms with E-state index in [2.05, 4.69) is 10.3 Å². The minimum atomic E-state index is -1.42. The minimum absolute atomic E-state index is 0.00744. The van der Waals surface area contributed by atoms with Crippen molar-refractivity contribution in [2.75, 3.05) is 5.75 Å². The van der Waals surface area contributed by atoms with Gasteiger partial charge in [0.25, 0.3) is 0 Å². The van der Waals surface area contributed by atoms with Crippen molar-refractivity contribution >= 4 is 35.3 Å². The number of nitrogens with two attached hydrogens (primary N) is 1. The van der Waals surface area contributed by atoms with Crippen LogP contribution in [-0.2, 0) is 14.4 Å². The van der Waals surface area contributed by atoms with E-state index in [0.29, 0.717) is 11.3 Å². The predicted molar refractivity (Wildman–Crippen MR) is 95.1 cm³/mol. The van der Waals surface area contributed by atoms with Crippen LogP contribution in [0.15, 0.2) is 29.3 Å². The van der Waals surface area contributed by atoms with Gasteiger partial charge in [0.15, 0.2) is 6.04 Å². The molecular formula is C16H19N3O6S. The third-order valence-corrected chi connectivity index (χ3v) is 5.26. The summed E-state index contributed by atoms with van der Waals surface area (Å²) in [6.45, 7) is 1.69. The van der Waals surface area contributed by atoms with Gasteiger partial charge in [-0.1, -0.05) is 19.1 Å². The average molecular weight is 381 g/mol. The Hall–Kier alpha value is -2.59. The van der Waals surface area contributed by atoms with E-state index in [0.717, 1.165) is 11.8 Å². The lowest BCUT2D eigenvalue weighted by molar-refractivity contribution is -0.142. The molecule has 140 valence electrons. The second-order valence-corrected chi connectivity index (χ2v) is 6.99. The molecule has 0 aromatic heterocycles. The SMILES string of the molecule is CC1CSC(C(NC(=O)[C@H](N)c2ccc(O)cc2)C(=O)O)N=C1C(=O)O. The molecule has 10 heteroatoms. The van der Waals surface area contributed by atoms with Crippen LogP contribution in [0.4, 0.5) is 0 Å². The molecule has 0 saturated heterocycles. The molecule has 1 aliphatic rings. The van der Waals surface area contributed by atoms with E-state index >= 15 is 0 Å².